The highest BCUT2D eigenvalue weighted by Gasteiger charge is 2.13. The number of hydrogen-bond acceptors (Lipinski definition) is 2. The minimum Gasteiger partial charge on any atom is -0.362 e. The van der Waals surface area contributed by atoms with Crippen LogP contribution in [-0.4, -0.2) is 4.98 Å². The Morgan fingerprint density at radius 3 is 2.78 bits per heavy atom. The predicted octanol–water partition coefficient (Wildman–Crippen LogP) is 4.70. The van der Waals surface area contributed by atoms with Gasteiger partial charge >= 0.3 is 0 Å². The first-order chi connectivity index (χ1) is 8.58. The first-order valence-electron chi connectivity index (χ1n) is 5.40. The number of rotatable bonds is 3. The smallest absolute Gasteiger partial charge is 0.145 e. The van der Waals surface area contributed by atoms with E-state index in [4.69, 9.17) is 23.2 Å². The van der Waals surface area contributed by atoms with E-state index in [0.29, 0.717) is 21.4 Å². The summed E-state index contributed by atoms with van der Waals surface area (Å²) in [7, 11) is 0. The fourth-order valence-corrected chi connectivity index (χ4v) is 1.98. The Kier molecular flexibility index (Phi) is 4.04. The van der Waals surface area contributed by atoms with Crippen LogP contribution in [0.3, 0.4) is 0 Å². The van der Waals surface area contributed by atoms with Gasteiger partial charge in [0.2, 0.25) is 0 Å². The van der Waals surface area contributed by atoms with E-state index in [1.165, 1.54) is 12.1 Å². The maximum absolute atomic E-state index is 13.7. The monoisotopic (exact) mass is 284 g/mol. The van der Waals surface area contributed by atoms with Crippen molar-refractivity contribution < 1.29 is 4.39 Å². The van der Waals surface area contributed by atoms with Gasteiger partial charge in [-0.1, -0.05) is 23.2 Å². The van der Waals surface area contributed by atoms with E-state index in [2.05, 4.69) is 10.3 Å². The van der Waals surface area contributed by atoms with E-state index in [-0.39, 0.29) is 11.9 Å². The average Bonchev–Trinajstić information content (AvgIpc) is 2.35. The van der Waals surface area contributed by atoms with Crippen LogP contribution in [0.15, 0.2) is 36.5 Å². The van der Waals surface area contributed by atoms with Crippen LogP contribution in [0.2, 0.25) is 10.0 Å². The van der Waals surface area contributed by atoms with Crippen molar-refractivity contribution >= 4 is 29.0 Å². The molecule has 0 aliphatic heterocycles. The summed E-state index contributed by atoms with van der Waals surface area (Å²) in [5.74, 6) is 0.206. The van der Waals surface area contributed by atoms with Crippen LogP contribution in [0.5, 0.6) is 0 Å². The summed E-state index contributed by atoms with van der Waals surface area (Å²) in [6.45, 7) is 1.82. The molecule has 0 saturated heterocycles. The third-order valence-corrected chi connectivity index (χ3v) is 3.08. The summed E-state index contributed by atoms with van der Waals surface area (Å²) in [5.41, 5.74) is 0.476. The molecular formula is C13H11Cl2FN2. The van der Waals surface area contributed by atoms with E-state index in [0.717, 1.165) is 0 Å². The van der Waals surface area contributed by atoms with E-state index < -0.39 is 0 Å². The molecule has 1 aromatic heterocycles. The third kappa shape index (κ3) is 2.92. The molecule has 1 atom stereocenters. The van der Waals surface area contributed by atoms with Crippen molar-refractivity contribution in [2.24, 2.45) is 0 Å². The molecule has 0 unspecified atom stereocenters. The Morgan fingerprint density at radius 1 is 1.28 bits per heavy atom. The molecular weight excluding hydrogens is 274 g/mol. The second-order valence-electron chi connectivity index (χ2n) is 3.87. The molecule has 5 heteroatoms. The van der Waals surface area contributed by atoms with Crippen LogP contribution in [0.4, 0.5) is 10.2 Å². The fourth-order valence-electron chi connectivity index (χ4n) is 1.62. The molecule has 0 spiro atoms. The molecule has 0 bridgehead atoms. The lowest BCUT2D eigenvalue weighted by Crippen LogP contribution is -2.10. The minimum absolute atomic E-state index is 0.281. The zero-order valence-electron chi connectivity index (χ0n) is 9.62. The maximum atomic E-state index is 13.7. The molecule has 0 aliphatic rings. The molecule has 18 heavy (non-hydrogen) atoms. The first-order valence-corrected chi connectivity index (χ1v) is 6.15. The van der Waals surface area contributed by atoms with Crippen molar-refractivity contribution in [3.05, 3.63) is 58.0 Å². The van der Waals surface area contributed by atoms with Gasteiger partial charge in [-0.2, -0.15) is 0 Å². The highest BCUT2D eigenvalue weighted by Crippen LogP contribution is 2.26. The van der Waals surface area contributed by atoms with Crippen LogP contribution in [0.1, 0.15) is 18.5 Å². The van der Waals surface area contributed by atoms with Gasteiger partial charge in [0.1, 0.15) is 11.6 Å². The molecule has 1 heterocycles. The second-order valence-corrected chi connectivity index (χ2v) is 4.71. The summed E-state index contributed by atoms with van der Waals surface area (Å²) in [4.78, 5) is 4.10. The molecule has 0 radical (unpaired) electrons. The Morgan fingerprint density at radius 2 is 2.06 bits per heavy atom. The highest BCUT2D eigenvalue weighted by atomic mass is 35.5. The van der Waals surface area contributed by atoms with Crippen LogP contribution in [-0.2, 0) is 0 Å². The molecule has 1 N–H and O–H groups in total. The zero-order chi connectivity index (χ0) is 13.1. The van der Waals surface area contributed by atoms with Crippen molar-refractivity contribution in [2.45, 2.75) is 13.0 Å². The second kappa shape index (κ2) is 5.55. The van der Waals surface area contributed by atoms with E-state index >= 15 is 0 Å². The Labute approximate surface area is 115 Å². The van der Waals surface area contributed by atoms with Crippen LogP contribution >= 0.6 is 23.2 Å². The normalized spacial score (nSPS) is 12.2. The highest BCUT2D eigenvalue weighted by molar-refractivity contribution is 6.32. The molecule has 2 aromatic rings. The number of pyridine rings is 1. The lowest BCUT2D eigenvalue weighted by Gasteiger charge is -2.16. The average molecular weight is 285 g/mol. The van der Waals surface area contributed by atoms with Gasteiger partial charge in [0.25, 0.3) is 0 Å². The standard InChI is InChI=1S/C13H11Cl2FN2/c1-8(10-7-9(14)4-5-12(10)16)18-13-11(15)3-2-6-17-13/h2-8H,1H3,(H,17,18)/t8-/m0/s1. The first kappa shape index (κ1) is 13.1. The zero-order valence-corrected chi connectivity index (χ0v) is 11.1. The number of aromatic nitrogens is 1. The van der Waals surface area contributed by atoms with Gasteiger partial charge in [-0.15, -0.1) is 0 Å². The minimum atomic E-state index is -0.313. The van der Waals surface area contributed by atoms with Crippen molar-refractivity contribution in [3.63, 3.8) is 0 Å². The number of benzene rings is 1. The summed E-state index contributed by atoms with van der Waals surface area (Å²) in [6, 6.07) is 7.62. The summed E-state index contributed by atoms with van der Waals surface area (Å²) in [5, 5.41) is 4.04. The molecule has 2 nitrogen and oxygen atoms in total. The van der Waals surface area contributed by atoms with Crippen LogP contribution in [0, 0.1) is 5.82 Å². The third-order valence-electron chi connectivity index (χ3n) is 2.54. The lowest BCUT2D eigenvalue weighted by atomic mass is 10.1. The van der Waals surface area contributed by atoms with Crippen molar-refractivity contribution in [3.8, 4) is 0 Å². The van der Waals surface area contributed by atoms with Crippen LogP contribution < -0.4 is 5.32 Å². The molecule has 0 aliphatic carbocycles. The number of nitrogens with zero attached hydrogens (tertiary/aromatic N) is 1. The van der Waals surface area contributed by atoms with Gasteiger partial charge in [-0.25, -0.2) is 9.37 Å². The number of nitrogens with one attached hydrogen (secondary N) is 1. The van der Waals surface area contributed by atoms with Gasteiger partial charge in [0.05, 0.1) is 11.1 Å². The molecule has 1 aromatic carbocycles. The number of hydrogen-bond donors (Lipinski definition) is 1. The van der Waals surface area contributed by atoms with E-state index in [1.54, 1.807) is 24.4 Å². The molecule has 0 amide bonds. The van der Waals surface area contributed by atoms with Crippen molar-refractivity contribution in [1.29, 1.82) is 0 Å². The van der Waals surface area contributed by atoms with E-state index in [1.807, 2.05) is 6.92 Å². The largest absolute Gasteiger partial charge is 0.362 e. The SMILES string of the molecule is C[C@H](Nc1ncccc1Cl)c1cc(Cl)ccc1F. The maximum Gasteiger partial charge on any atom is 0.145 e. The lowest BCUT2D eigenvalue weighted by molar-refractivity contribution is 0.600. The van der Waals surface area contributed by atoms with Crippen molar-refractivity contribution in [2.75, 3.05) is 5.32 Å². The van der Waals surface area contributed by atoms with E-state index in [9.17, 15) is 4.39 Å². The number of anilines is 1. The molecule has 0 fully saturated rings. The fraction of sp³-hybridized carbons (Fsp3) is 0.154. The Hall–Kier alpha value is -1.32. The molecule has 0 saturated carbocycles. The van der Waals surface area contributed by atoms with Crippen LogP contribution in [0.25, 0.3) is 0 Å². The Bertz CT molecular complexity index is 560. The van der Waals surface area contributed by atoms with Gasteiger partial charge in [0.15, 0.2) is 0 Å². The molecule has 2 rings (SSSR count). The van der Waals surface area contributed by atoms with Gasteiger partial charge in [-0.3, -0.25) is 0 Å². The summed E-state index contributed by atoms with van der Waals surface area (Å²) in [6.07, 6.45) is 1.62. The van der Waals surface area contributed by atoms with Gasteiger partial charge < -0.3 is 5.32 Å². The predicted molar refractivity (Wildman–Crippen MR) is 72.7 cm³/mol. The molecule has 94 valence electrons. The summed E-state index contributed by atoms with van der Waals surface area (Å²) >= 11 is 11.8. The van der Waals surface area contributed by atoms with Crippen molar-refractivity contribution in [1.82, 2.24) is 4.98 Å². The quantitative estimate of drug-likeness (QED) is 0.884. The Balaban J connectivity index is 2.25. The van der Waals surface area contributed by atoms with Gasteiger partial charge in [0, 0.05) is 16.8 Å². The van der Waals surface area contributed by atoms with Gasteiger partial charge in [-0.05, 0) is 37.3 Å². The number of halogens is 3. The topological polar surface area (TPSA) is 24.9 Å². The summed E-state index contributed by atoms with van der Waals surface area (Å²) < 4.78 is 13.7.